The molecule has 0 saturated carbocycles. The fourth-order valence-corrected chi connectivity index (χ4v) is 3.94. The molecule has 0 aliphatic rings. The van der Waals surface area contributed by atoms with Gasteiger partial charge in [0.1, 0.15) is 0 Å². The molecule has 0 bridgehead atoms. The summed E-state index contributed by atoms with van der Waals surface area (Å²) in [6.45, 7) is 11.1. The van der Waals surface area contributed by atoms with Crippen LogP contribution in [0.1, 0.15) is 46.2 Å². The van der Waals surface area contributed by atoms with Gasteiger partial charge in [-0.25, -0.2) is 8.42 Å². The lowest BCUT2D eigenvalue weighted by Gasteiger charge is -2.25. The zero-order valence-electron chi connectivity index (χ0n) is 13.7. The molecule has 5 heteroatoms. The van der Waals surface area contributed by atoms with Crippen molar-refractivity contribution in [2.75, 3.05) is 13.1 Å². The average molecular weight is 312 g/mol. The van der Waals surface area contributed by atoms with Crippen molar-refractivity contribution < 1.29 is 8.42 Å². The fraction of sp³-hybridized carbons (Fsp3) is 0.625. The summed E-state index contributed by atoms with van der Waals surface area (Å²) < 4.78 is 27.1. The van der Waals surface area contributed by atoms with Crippen LogP contribution in [0.4, 0.5) is 0 Å². The minimum absolute atomic E-state index is 0.0933. The van der Waals surface area contributed by atoms with E-state index >= 15 is 0 Å². The van der Waals surface area contributed by atoms with Gasteiger partial charge in [-0.3, -0.25) is 0 Å². The van der Waals surface area contributed by atoms with Crippen LogP contribution in [0.5, 0.6) is 0 Å². The number of nitrogens with zero attached hydrogens (tertiary/aromatic N) is 1. The van der Waals surface area contributed by atoms with Crippen LogP contribution >= 0.6 is 0 Å². The zero-order valence-corrected chi connectivity index (χ0v) is 14.5. The summed E-state index contributed by atoms with van der Waals surface area (Å²) in [6.07, 6.45) is 0. The van der Waals surface area contributed by atoms with Crippen LogP contribution in [0.25, 0.3) is 0 Å². The van der Waals surface area contributed by atoms with E-state index in [1.807, 2.05) is 34.6 Å². The third-order valence-corrected chi connectivity index (χ3v) is 5.03. The predicted octanol–water partition coefficient (Wildman–Crippen LogP) is 3.01. The molecule has 21 heavy (non-hydrogen) atoms. The third-order valence-electron chi connectivity index (χ3n) is 3.18. The van der Waals surface area contributed by atoms with E-state index in [2.05, 4.69) is 0 Å². The summed E-state index contributed by atoms with van der Waals surface area (Å²) >= 11 is 0. The molecule has 2 N–H and O–H groups in total. The molecule has 0 radical (unpaired) electrons. The standard InChI is InChI=1S/C16H28N2O2S/c1-12(2)10-18(11-13(3)4)21(19,20)16-8-6-15(7-9-16)14(5)17/h6-9,12-14H,10-11,17H2,1-5H3. The van der Waals surface area contributed by atoms with Gasteiger partial charge in [0.05, 0.1) is 4.90 Å². The molecule has 0 saturated heterocycles. The summed E-state index contributed by atoms with van der Waals surface area (Å²) in [7, 11) is -3.44. The van der Waals surface area contributed by atoms with Gasteiger partial charge in [-0.15, -0.1) is 0 Å². The van der Waals surface area contributed by atoms with Gasteiger partial charge in [0.2, 0.25) is 10.0 Å². The number of benzene rings is 1. The van der Waals surface area contributed by atoms with Gasteiger partial charge in [0, 0.05) is 19.1 Å². The second-order valence-electron chi connectivity index (χ2n) is 6.47. The Balaban J connectivity index is 3.09. The highest BCUT2D eigenvalue weighted by Gasteiger charge is 2.25. The maximum Gasteiger partial charge on any atom is 0.243 e. The maximum absolute atomic E-state index is 12.8. The summed E-state index contributed by atoms with van der Waals surface area (Å²) in [5.74, 6) is 0.587. The summed E-state index contributed by atoms with van der Waals surface area (Å²) in [5, 5.41) is 0. The first-order valence-electron chi connectivity index (χ1n) is 7.50. The largest absolute Gasteiger partial charge is 0.324 e. The summed E-state index contributed by atoms with van der Waals surface area (Å²) in [5.41, 5.74) is 6.74. The number of hydrogen-bond acceptors (Lipinski definition) is 3. The van der Waals surface area contributed by atoms with Crippen molar-refractivity contribution in [1.82, 2.24) is 4.31 Å². The predicted molar refractivity (Wildman–Crippen MR) is 87.5 cm³/mol. The molecular formula is C16H28N2O2S. The van der Waals surface area contributed by atoms with Gasteiger partial charge in [-0.05, 0) is 36.5 Å². The van der Waals surface area contributed by atoms with Crippen molar-refractivity contribution in [1.29, 1.82) is 0 Å². The lowest BCUT2D eigenvalue weighted by molar-refractivity contribution is 0.333. The van der Waals surface area contributed by atoms with E-state index in [4.69, 9.17) is 5.73 Å². The average Bonchev–Trinajstić information content (AvgIpc) is 2.37. The molecule has 0 amide bonds. The number of sulfonamides is 1. The van der Waals surface area contributed by atoms with E-state index in [0.717, 1.165) is 5.56 Å². The van der Waals surface area contributed by atoms with Gasteiger partial charge >= 0.3 is 0 Å². The summed E-state index contributed by atoms with van der Waals surface area (Å²) in [4.78, 5) is 0.341. The molecule has 0 heterocycles. The Morgan fingerprint density at radius 1 is 0.952 bits per heavy atom. The normalized spacial score (nSPS) is 14.1. The minimum atomic E-state index is -3.44. The molecule has 0 aromatic heterocycles. The lowest BCUT2D eigenvalue weighted by atomic mass is 10.1. The molecule has 0 aliphatic heterocycles. The molecule has 0 fully saturated rings. The Hall–Kier alpha value is -0.910. The Morgan fingerprint density at radius 2 is 1.38 bits per heavy atom. The number of hydrogen-bond donors (Lipinski definition) is 1. The monoisotopic (exact) mass is 312 g/mol. The summed E-state index contributed by atoms with van der Waals surface area (Å²) in [6, 6.07) is 6.80. The Labute approximate surface area is 129 Å². The van der Waals surface area contributed by atoms with Crippen molar-refractivity contribution >= 4 is 10.0 Å². The van der Waals surface area contributed by atoms with Crippen LogP contribution in [-0.2, 0) is 10.0 Å². The van der Waals surface area contributed by atoms with E-state index in [1.165, 1.54) is 0 Å². The lowest BCUT2D eigenvalue weighted by Crippen LogP contribution is -2.37. The van der Waals surface area contributed by atoms with Crippen LogP contribution in [0.15, 0.2) is 29.2 Å². The van der Waals surface area contributed by atoms with Gasteiger partial charge in [0.25, 0.3) is 0 Å². The highest BCUT2D eigenvalue weighted by Crippen LogP contribution is 2.20. The molecule has 0 aliphatic carbocycles. The van der Waals surface area contributed by atoms with Gasteiger partial charge in [-0.2, -0.15) is 4.31 Å². The second-order valence-corrected chi connectivity index (χ2v) is 8.41. The highest BCUT2D eigenvalue weighted by atomic mass is 32.2. The minimum Gasteiger partial charge on any atom is -0.324 e. The SMILES string of the molecule is CC(C)CN(CC(C)C)S(=O)(=O)c1ccc(C(C)N)cc1. The molecular weight excluding hydrogens is 284 g/mol. The highest BCUT2D eigenvalue weighted by molar-refractivity contribution is 7.89. The van der Waals surface area contributed by atoms with E-state index in [1.54, 1.807) is 28.6 Å². The third kappa shape index (κ3) is 5.09. The molecule has 1 unspecified atom stereocenters. The molecule has 1 rings (SSSR count). The van der Waals surface area contributed by atoms with Crippen LogP contribution in [-0.4, -0.2) is 25.8 Å². The Morgan fingerprint density at radius 3 is 1.71 bits per heavy atom. The number of nitrogens with two attached hydrogens (primary N) is 1. The molecule has 4 nitrogen and oxygen atoms in total. The van der Waals surface area contributed by atoms with E-state index < -0.39 is 10.0 Å². The molecule has 1 atom stereocenters. The first-order valence-corrected chi connectivity index (χ1v) is 8.94. The van der Waals surface area contributed by atoms with Crippen molar-refractivity contribution in [3.63, 3.8) is 0 Å². The smallest absolute Gasteiger partial charge is 0.243 e. The Bertz CT molecular complexity index is 524. The van der Waals surface area contributed by atoms with Gasteiger partial charge in [0.15, 0.2) is 0 Å². The van der Waals surface area contributed by atoms with Crippen LogP contribution < -0.4 is 5.73 Å². The van der Waals surface area contributed by atoms with E-state index in [-0.39, 0.29) is 6.04 Å². The molecule has 1 aromatic rings. The van der Waals surface area contributed by atoms with Gasteiger partial charge in [-0.1, -0.05) is 39.8 Å². The molecule has 120 valence electrons. The van der Waals surface area contributed by atoms with E-state index in [9.17, 15) is 8.42 Å². The fourth-order valence-electron chi connectivity index (χ4n) is 2.18. The van der Waals surface area contributed by atoms with Crippen molar-refractivity contribution in [3.8, 4) is 0 Å². The van der Waals surface area contributed by atoms with Crippen LogP contribution in [0.3, 0.4) is 0 Å². The topological polar surface area (TPSA) is 63.4 Å². The molecule has 0 spiro atoms. The van der Waals surface area contributed by atoms with E-state index in [0.29, 0.717) is 29.8 Å². The van der Waals surface area contributed by atoms with Crippen LogP contribution in [0.2, 0.25) is 0 Å². The first kappa shape index (κ1) is 18.1. The van der Waals surface area contributed by atoms with Crippen molar-refractivity contribution in [3.05, 3.63) is 29.8 Å². The Kier molecular flexibility index (Phi) is 6.38. The quantitative estimate of drug-likeness (QED) is 0.842. The van der Waals surface area contributed by atoms with Crippen molar-refractivity contribution in [2.45, 2.75) is 45.6 Å². The second kappa shape index (κ2) is 7.38. The van der Waals surface area contributed by atoms with Crippen molar-refractivity contribution in [2.24, 2.45) is 17.6 Å². The molecule has 1 aromatic carbocycles. The zero-order chi connectivity index (χ0) is 16.2. The number of rotatable bonds is 7. The first-order chi connectivity index (χ1) is 9.64. The van der Waals surface area contributed by atoms with Crippen LogP contribution in [0, 0.1) is 11.8 Å². The van der Waals surface area contributed by atoms with Gasteiger partial charge < -0.3 is 5.73 Å². The maximum atomic E-state index is 12.8.